The number of nitrogens with one attached hydrogen (secondary N) is 1. The van der Waals surface area contributed by atoms with Crippen molar-refractivity contribution in [3.63, 3.8) is 0 Å². The van der Waals surface area contributed by atoms with Crippen LogP contribution in [0, 0.1) is 0 Å². The summed E-state index contributed by atoms with van der Waals surface area (Å²) < 4.78 is 90.9. The number of hydrogen-bond donors (Lipinski definition) is 5. The van der Waals surface area contributed by atoms with Crippen LogP contribution < -0.4 is 4.90 Å². The number of imide groups is 1. The number of rotatable bonds is 9. The number of halogens is 9. The molecule has 0 unspecified atom stereocenters. The third-order valence-electron chi connectivity index (χ3n) is 5.94. The summed E-state index contributed by atoms with van der Waals surface area (Å²) in [5.74, 6) is -7.93. The van der Waals surface area contributed by atoms with Crippen LogP contribution in [0.15, 0.2) is 0 Å². The predicted molar refractivity (Wildman–Crippen MR) is 142 cm³/mol. The Hall–Kier alpha value is -3.87. The Morgan fingerprint density at radius 2 is 0.980 bits per heavy atom. The largest absolute Gasteiger partial charge is 0.490 e. The zero-order valence-electron chi connectivity index (χ0n) is 25.1. The van der Waals surface area contributed by atoms with Crippen LogP contribution in [0.2, 0.25) is 0 Å². The van der Waals surface area contributed by atoms with E-state index in [0.717, 1.165) is 0 Å². The Bertz CT molecular complexity index is 1170. The summed E-state index contributed by atoms with van der Waals surface area (Å²) in [6.45, 7) is 1.11. The molecule has 0 aromatic rings. The van der Waals surface area contributed by atoms with Gasteiger partial charge in [0.1, 0.15) is 0 Å². The number of carbonyl (C=O) groups excluding carboxylic acids is 3. The smallest absolute Gasteiger partial charge is 0.480 e. The fraction of sp³-hybridized carbons (Fsp3) is 0.682. The second kappa shape index (κ2) is 17.7. The van der Waals surface area contributed by atoms with Gasteiger partial charge in [-0.3, -0.25) is 33.9 Å². The molecule has 2 aliphatic heterocycles. The number of amides is 2. The van der Waals surface area contributed by atoms with E-state index < -0.39 is 55.6 Å². The molecule has 49 heavy (non-hydrogen) atoms. The van der Waals surface area contributed by atoms with Gasteiger partial charge >= 0.3 is 69.0 Å². The summed E-state index contributed by atoms with van der Waals surface area (Å²) in [5, 5.41) is 35.3. The van der Waals surface area contributed by atoms with Crippen LogP contribution in [-0.2, 0) is 38.4 Å². The van der Waals surface area contributed by atoms with Crippen molar-refractivity contribution in [3.05, 3.63) is 0 Å². The molecule has 2 saturated heterocycles. The molecule has 2 fully saturated rings. The summed E-state index contributed by atoms with van der Waals surface area (Å²) in [5.41, 5.74) is 0. The number of hydroxylamine groups is 2. The molecule has 0 bridgehead atoms. The van der Waals surface area contributed by atoms with Gasteiger partial charge < -0.3 is 30.2 Å². The first-order chi connectivity index (χ1) is 21.9. The molecule has 0 aromatic carbocycles. The van der Waals surface area contributed by atoms with Crippen molar-refractivity contribution in [1.82, 2.24) is 19.8 Å². The first-order valence-corrected chi connectivity index (χ1v) is 15.5. The standard InChI is InChI=1S/C20H31N5O10.C2HF3O2.F6P/c26-15-1-2-16(27)25(15)35-20(34)14-24-9-7-22(12-18(30)31)5-3-21(11-17(28)29)4-6-23(8-10-24)13-19(32)33;3-2(4,5)1(6)7;1-7(2,3,4,5)6/h1-14H2,(H,28,29)(H,30,31)(H,32,33);(H,6,7);/q;;-1/p+1. The molecule has 0 saturated carbocycles. The fourth-order valence-corrected chi connectivity index (χ4v) is 3.88. The minimum Gasteiger partial charge on any atom is -0.480 e. The first-order valence-electron chi connectivity index (χ1n) is 13.5. The Morgan fingerprint density at radius 1 is 0.653 bits per heavy atom. The molecule has 17 nitrogen and oxygen atoms in total. The van der Waals surface area contributed by atoms with E-state index in [1.165, 1.54) is 0 Å². The summed E-state index contributed by atoms with van der Waals surface area (Å²) in [4.78, 5) is 89.1. The molecule has 27 heteroatoms. The molecule has 2 heterocycles. The molecule has 286 valence electrons. The van der Waals surface area contributed by atoms with E-state index in [1.807, 2.05) is 0 Å². The van der Waals surface area contributed by atoms with Gasteiger partial charge in [0.25, 0.3) is 11.8 Å². The minimum absolute atomic E-state index is 0.0367. The van der Waals surface area contributed by atoms with Gasteiger partial charge in [0.15, 0.2) is 6.54 Å². The van der Waals surface area contributed by atoms with Gasteiger partial charge in [0.05, 0.1) is 32.7 Å². The second-order valence-corrected chi connectivity index (χ2v) is 12.2. The van der Waals surface area contributed by atoms with Gasteiger partial charge in [0, 0.05) is 52.1 Å². The van der Waals surface area contributed by atoms with Crippen molar-refractivity contribution in [2.75, 3.05) is 78.5 Å². The number of quaternary nitrogens is 1. The van der Waals surface area contributed by atoms with E-state index in [-0.39, 0.29) is 78.3 Å². The van der Waals surface area contributed by atoms with Gasteiger partial charge in [-0.15, -0.1) is 5.06 Å². The number of aliphatic carboxylic acids is 4. The van der Waals surface area contributed by atoms with E-state index in [0.29, 0.717) is 23.1 Å². The minimum atomic E-state index is -10.7. The molecule has 5 N–H and O–H groups in total. The summed E-state index contributed by atoms with van der Waals surface area (Å²) in [6, 6.07) is 0. The summed E-state index contributed by atoms with van der Waals surface area (Å²) in [6.07, 6.45) is -5.16. The monoisotopic (exact) mass is 761 g/mol. The number of carboxylic acid groups (broad SMARTS) is 4. The molecule has 2 rings (SSSR count). The topological polar surface area (TPSA) is 227 Å². The molecular weight excluding hydrogens is 728 g/mol. The van der Waals surface area contributed by atoms with Crippen molar-refractivity contribution in [2.24, 2.45) is 0 Å². The zero-order valence-corrected chi connectivity index (χ0v) is 26.0. The molecule has 0 spiro atoms. The van der Waals surface area contributed by atoms with E-state index in [9.17, 15) is 82.4 Å². The van der Waals surface area contributed by atoms with Crippen LogP contribution in [0.5, 0.6) is 0 Å². The maximum Gasteiger partial charge on any atom is 0.490 e. The average molecular weight is 761 g/mol. The summed E-state index contributed by atoms with van der Waals surface area (Å²) in [7, 11) is -10.7. The van der Waals surface area contributed by atoms with E-state index in [1.54, 1.807) is 14.7 Å². The normalized spacial score (nSPS) is 19.4. The summed E-state index contributed by atoms with van der Waals surface area (Å²) >= 11 is 0. The van der Waals surface area contributed by atoms with Gasteiger partial charge in [0.2, 0.25) is 0 Å². The van der Waals surface area contributed by atoms with Crippen molar-refractivity contribution < 1.29 is 102 Å². The molecular formula is C22H33F9N5O12P. The maximum atomic E-state index is 12.4. The number of carboxylic acids is 4. The van der Waals surface area contributed by atoms with Crippen molar-refractivity contribution >= 4 is 49.5 Å². The quantitative estimate of drug-likeness (QED) is 0.115. The number of carbonyl (C=O) groups is 7. The number of nitrogens with zero attached hydrogens (tertiary/aromatic N) is 4. The Balaban J connectivity index is 0.00000137. The molecule has 2 aliphatic rings. The van der Waals surface area contributed by atoms with Crippen LogP contribution in [0.25, 0.3) is 0 Å². The molecule has 0 radical (unpaired) electrons. The van der Waals surface area contributed by atoms with Crippen LogP contribution >= 0.6 is 7.81 Å². The number of hydrogen-bond acceptors (Lipinski definition) is 11. The van der Waals surface area contributed by atoms with Gasteiger partial charge in [-0.1, -0.05) is 0 Å². The van der Waals surface area contributed by atoms with Crippen molar-refractivity contribution in [1.29, 1.82) is 0 Å². The Kier molecular flexibility index (Phi) is 16.3. The van der Waals surface area contributed by atoms with Crippen molar-refractivity contribution in [2.45, 2.75) is 19.0 Å². The van der Waals surface area contributed by atoms with E-state index >= 15 is 0 Å². The van der Waals surface area contributed by atoms with Gasteiger partial charge in [-0.25, -0.2) is 14.4 Å². The Morgan fingerprint density at radius 3 is 1.27 bits per heavy atom. The van der Waals surface area contributed by atoms with Crippen LogP contribution in [0.4, 0.5) is 38.4 Å². The van der Waals surface area contributed by atoms with E-state index in [2.05, 4.69) is 0 Å². The van der Waals surface area contributed by atoms with Gasteiger partial charge in [-0.05, 0) is 0 Å². The molecule has 0 atom stereocenters. The third-order valence-corrected chi connectivity index (χ3v) is 5.94. The zero-order chi connectivity index (χ0) is 38.4. The SMILES string of the molecule is F[P-](F)(F)(F)(F)F.O=C(O)C(F)(F)F.O=C(O)CN1CCN(CC(=O)ON2C(=O)CCC2=O)CCN(CC(=O)O)CC[NH+](CC(=O)O)CC1. The van der Waals surface area contributed by atoms with Crippen LogP contribution in [0.1, 0.15) is 12.8 Å². The van der Waals surface area contributed by atoms with Crippen molar-refractivity contribution in [3.8, 4) is 0 Å². The van der Waals surface area contributed by atoms with Crippen LogP contribution in [-0.4, -0.2) is 167 Å². The van der Waals surface area contributed by atoms with E-state index in [4.69, 9.17) is 14.7 Å². The fourth-order valence-electron chi connectivity index (χ4n) is 3.88. The van der Waals surface area contributed by atoms with Gasteiger partial charge in [-0.2, -0.15) is 13.2 Å². The molecule has 0 aromatic heterocycles. The Labute approximate surface area is 269 Å². The predicted octanol–water partition coefficient (Wildman–Crippen LogP) is -0.332. The molecule has 0 aliphatic carbocycles. The third kappa shape index (κ3) is 25.8. The number of alkyl halides is 3. The first kappa shape index (κ1) is 45.1. The maximum absolute atomic E-state index is 12.4. The second-order valence-electron chi connectivity index (χ2n) is 10.2. The van der Waals surface area contributed by atoms with Crippen LogP contribution in [0.3, 0.4) is 0 Å². The average Bonchev–Trinajstić information content (AvgIpc) is 3.19. The molecule has 2 amide bonds.